The summed E-state index contributed by atoms with van der Waals surface area (Å²) in [5, 5.41) is 10.3. The molecule has 3 fully saturated rings. The highest BCUT2D eigenvalue weighted by Gasteiger charge is 2.34. The summed E-state index contributed by atoms with van der Waals surface area (Å²) in [6, 6.07) is 2.75. The third-order valence-electron chi connectivity index (χ3n) is 6.80. The molecule has 7 nitrogen and oxygen atoms in total. The summed E-state index contributed by atoms with van der Waals surface area (Å²) in [6.07, 6.45) is 7.12. The molecule has 0 aromatic heterocycles. The van der Waals surface area contributed by atoms with E-state index in [4.69, 9.17) is 5.26 Å². The molecule has 170 valence electrons. The highest BCUT2D eigenvalue weighted by Crippen LogP contribution is 2.28. The van der Waals surface area contributed by atoms with Crippen LogP contribution in [0.15, 0.2) is 11.2 Å². The first-order chi connectivity index (χ1) is 14.4. The minimum atomic E-state index is -3.52. The van der Waals surface area contributed by atoms with E-state index in [1.54, 1.807) is 0 Å². The van der Waals surface area contributed by atoms with Crippen LogP contribution >= 0.6 is 0 Å². The van der Waals surface area contributed by atoms with Crippen molar-refractivity contribution in [3.05, 3.63) is 11.2 Å². The Balaban J connectivity index is 1.65. The minimum Gasteiger partial charge on any atom is -0.356 e. The molecule has 0 aromatic rings. The molecule has 0 bridgehead atoms. The summed E-state index contributed by atoms with van der Waals surface area (Å²) in [5.74, 6) is 0.379. The van der Waals surface area contributed by atoms with Crippen LogP contribution in [0.5, 0.6) is 0 Å². The Kier molecular flexibility index (Phi) is 8.44. The van der Waals surface area contributed by atoms with Gasteiger partial charge in [0.15, 0.2) is 9.84 Å². The molecule has 8 heteroatoms. The lowest BCUT2D eigenvalue weighted by molar-refractivity contribution is 0.116. The van der Waals surface area contributed by atoms with Gasteiger partial charge in [-0.2, -0.15) is 5.26 Å². The van der Waals surface area contributed by atoms with Crippen molar-refractivity contribution >= 4 is 9.84 Å². The number of rotatable bonds is 8. The Labute approximate surface area is 183 Å². The van der Waals surface area contributed by atoms with E-state index in [1.807, 2.05) is 6.07 Å². The maximum absolute atomic E-state index is 12.5. The Morgan fingerprint density at radius 2 is 1.73 bits per heavy atom. The molecular weight excluding hydrogens is 398 g/mol. The molecular formula is C22H39N5O2S. The van der Waals surface area contributed by atoms with Gasteiger partial charge in [0.2, 0.25) is 0 Å². The minimum absolute atomic E-state index is 0.385. The van der Waals surface area contributed by atoms with E-state index < -0.39 is 15.6 Å². The number of sulfone groups is 1. The highest BCUT2D eigenvalue weighted by molar-refractivity contribution is 7.94. The molecule has 3 rings (SSSR count). The summed E-state index contributed by atoms with van der Waals surface area (Å²) in [5.41, 5.74) is 0. The van der Waals surface area contributed by atoms with Gasteiger partial charge in [0.25, 0.3) is 0 Å². The van der Waals surface area contributed by atoms with E-state index in [9.17, 15) is 8.42 Å². The smallest absolute Gasteiger partial charge is 0.188 e. The van der Waals surface area contributed by atoms with Gasteiger partial charge in [-0.05, 0) is 65.6 Å². The summed E-state index contributed by atoms with van der Waals surface area (Å²) >= 11 is 0. The normalized spacial score (nSPS) is 24.1. The van der Waals surface area contributed by atoms with Crippen molar-refractivity contribution in [3.63, 3.8) is 0 Å². The van der Waals surface area contributed by atoms with Crippen LogP contribution in [0.2, 0.25) is 0 Å². The van der Waals surface area contributed by atoms with Crippen LogP contribution in [0.4, 0.5) is 0 Å². The number of hydrogen-bond donors (Lipinski definition) is 0. The Morgan fingerprint density at radius 3 is 2.37 bits per heavy atom. The molecule has 0 N–H and O–H groups in total. The van der Waals surface area contributed by atoms with Crippen LogP contribution in [-0.4, -0.2) is 98.2 Å². The van der Waals surface area contributed by atoms with Crippen LogP contribution in [0, 0.1) is 11.3 Å². The van der Waals surface area contributed by atoms with E-state index in [1.165, 1.54) is 37.8 Å². The molecule has 3 saturated heterocycles. The van der Waals surface area contributed by atoms with Crippen molar-refractivity contribution < 1.29 is 8.42 Å². The lowest BCUT2D eigenvalue weighted by Crippen LogP contribution is -2.46. The number of nitrogens with zero attached hydrogens (tertiary/aromatic N) is 5. The average Bonchev–Trinajstić information content (AvgIpc) is 3.10. The summed E-state index contributed by atoms with van der Waals surface area (Å²) < 4.78 is 24.9. The van der Waals surface area contributed by atoms with Crippen molar-refractivity contribution in [2.24, 2.45) is 0 Å². The second-order valence-corrected chi connectivity index (χ2v) is 11.1. The summed E-state index contributed by atoms with van der Waals surface area (Å²) in [6.45, 7) is 12.7. The van der Waals surface area contributed by atoms with Crippen molar-refractivity contribution in [2.45, 2.75) is 64.5 Å². The average molecular weight is 438 g/mol. The molecule has 0 radical (unpaired) electrons. The Bertz CT molecular complexity index is 716. The van der Waals surface area contributed by atoms with Crippen molar-refractivity contribution in [2.75, 3.05) is 58.1 Å². The van der Waals surface area contributed by atoms with Crippen LogP contribution in [0.25, 0.3) is 0 Å². The van der Waals surface area contributed by atoms with Gasteiger partial charge in [-0.25, -0.2) is 8.42 Å². The number of hydrogen-bond acceptors (Lipinski definition) is 7. The lowest BCUT2D eigenvalue weighted by Gasteiger charge is -2.40. The predicted molar refractivity (Wildman–Crippen MR) is 120 cm³/mol. The quantitative estimate of drug-likeness (QED) is 0.576. The molecule has 0 atom stereocenters. The van der Waals surface area contributed by atoms with Crippen molar-refractivity contribution in [3.8, 4) is 6.07 Å². The highest BCUT2D eigenvalue weighted by atomic mass is 32.2. The number of nitriles is 1. The van der Waals surface area contributed by atoms with E-state index in [-0.39, 0.29) is 0 Å². The maximum atomic E-state index is 12.5. The second kappa shape index (κ2) is 10.8. The van der Waals surface area contributed by atoms with Crippen LogP contribution in [-0.2, 0) is 9.84 Å². The standard InChI is InChI=1S/C22H39N5O2S/c1-20(2)25-14-7-21(8-15-25)27-17-16-26(22(27)19-30(28,29)18-9-23)13-6-12-24-10-4-3-5-11-24/h19-21H,3-8,10-18H2,1-2H3. The number of likely N-dealkylation sites (tertiary alicyclic amines) is 2. The Hall–Kier alpha value is -1.30. The van der Waals surface area contributed by atoms with Gasteiger partial charge in [-0.3, -0.25) is 0 Å². The lowest BCUT2D eigenvalue weighted by atomic mass is 10.0. The second-order valence-electron chi connectivity index (χ2n) is 9.24. The zero-order valence-corrected chi connectivity index (χ0v) is 19.6. The largest absolute Gasteiger partial charge is 0.356 e. The van der Waals surface area contributed by atoms with Gasteiger partial charge in [0.1, 0.15) is 11.6 Å². The summed E-state index contributed by atoms with van der Waals surface area (Å²) in [4.78, 5) is 9.59. The van der Waals surface area contributed by atoms with Gasteiger partial charge in [0.05, 0.1) is 11.5 Å². The molecule has 0 saturated carbocycles. The van der Waals surface area contributed by atoms with E-state index in [2.05, 4.69) is 33.4 Å². The molecule has 3 aliphatic rings. The van der Waals surface area contributed by atoms with Crippen LogP contribution < -0.4 is 0 Å². The molecule has 0 aliphatic carbocycles. The van der Waals surface area contributed by atoms with Gasteiger partial charge < -0.3 is 19.6 Å². The number of piperidine rings is 2. The molecule has 0 aromatic carbocycles. The molecule has 0 unspecified atom stereocenters. The van der Waals surface area contributed by atoms with E-state index in [0.29, 0.717) is 12.1 Å². The fraction of sp³-hybridized carbons (Fsp3) is 0.864. The summed E-state index contributed by atoms with van der Waals surface area (Å²) in [7, 11) is -3.52. The molecule has 3 aliphatic heterocycles. The van der Waals surface area contributed by atoms with Crippen LogP contribution in [0.3, 0.4) is 0 Å². The van der Waals surface area contributed by atoms with Gasteiger partial charge in [-0.1, -0.05) is 6.42 Å². The van der Waals surface area contributed by atoms with Crippen molar-refractivity contribution in [1.82, 2.24) is 19.6 Å². The van der Waals surface area contributed by atoms with Gasteiger partial charge in [-0.15, -0.1) is 0 Å². The van der Waals surface area contributed by atoms with Crippen LogP contribution in [0.1, 0.15) is 52.4 Å². The zero-order valence-electron chi connectivity index (χ0n) is 18.8. The Morgan fingerprint density at radius 1 is 1.03 bits per heavy atom. The van der Waals surface area contributed by atoms with Gasteiger partial charge in [0, 0.05) is 44.8 Å². The molecule has 3 heterocycles. The van der Waals surface area contributed by atoms with Gasteiger partial charge >= 0.3 is 0 Å². The third-order valence-corrected chi connectivity index (χ3v) is 7.90. The SMILES string of the molecule is CC(C)N1CCC(N2CCN(CCCN3CCCCC3)C2=CS(=O)(=O)CC#N)CC1. The maximum Gasteiger partial charge on any atom is 0.188 e. The molecule has 0 spiro atoms. The fourth-order valence-corrected chi connectivity index (χ4v) is 5.92. The first kappa shape index (κ1) is 23.4. The topological polar surface area (TPSA) is 70.9 Å². The molecule has 30 heavy (non-hydrogen) atoms. The van der Waals surface area contributed by atoms with E-state index >= 15 is 0 Å². The van der Waals surface area contributed by atoms with E-state index in [0.717, 1.165) is 64.4 Å². The zero-order chi connectivity index (χ0) is 21.6. The fourth-order valence-electron chi connectivity index (χ4n) is 5.05. The first-order valence-electron chi connectivity index (χ1n) is 11.7. The molecule has 0 amide bonds. The predicted octanol–water partition coefficient (Wildman–Crippen LogP) is 2.09. The van der Waals surface area contributed by atoms with Crippen molar-refractivity contribution in [1.29, 1.82) is 5.26 Å². The monoisotopic (exact) mass is 437 g/mol. The third kappa shape index (κ3) is 6.35. The first-order valence-corrected chi connectivity index (χ1v) is 13.4.